The lowest BCUT2D eigenvalue weighted by atomic mass is 10.0. The fourth-order valence-corrected chi connectivity index (χ4v) is 3.86. The van der Waals surface area contributed by atoms with Crippen molar-refractivity contribution in [2.45, 2.75) is 45.4 Å². The molecule has 5 heteroatoms. The molecular weight excluding hydrogens is 316 g/mol. The van der Waals surface area contributed by atoms with E-state index in [1.54, 1.807) is 0 Å². The number of carbonyl (C=O) groups excluding carboxylic acids is 2. The molecule has 0 bridgehead atoms. The van der Waals surface area contributed by atoms with E-state index in [1.165, 1.54) is 25.7 Å². The van der Waals surface area contributed by atoms with Gasteiger partial charge >= 0.3 is 0 Å². The van der Waals surface area contributed by atoms with Gasteiger partial charge in [0.1, 0.15) is 5.75 Å². The smallest absolute Gasteiger partial charge is 0.227 e. The van der Waals surface area contributed by atoms with Gasteiger partial charge in [0.05, 0.1) is 6.61 Å². The first-order valence-electron chi connectivity index (χ1n) is 9.45. The van der Waals surface area contributed by atoms with E-state index in [0.717, 1.165) is 11.4 Å². The Labute approximate surface area is 149 Å². The molecule has 2 aliphatic rings. The summed E-state index contributed by atoms with van der Waals surface area (Å²) in [5, 5.41) is 3.03. The molecular formula is C20H28N2O3. The molecule has 136 valence electrons. The Balaban J connectivity index is 1.47. The Kier molecular flexibility index (Phi) is 5.95. The zero-order chi connectivity index (χ0) is 17.6. The summed E-state index contributed by atoms with van der Waals surface area (Å²) in [4.78, 5) is 26.2. The summed E-state index contributed by atoms with van der Waals surface area (Å²) >= 11 is 0. The molecule has 2 amide bonds. The summed E-state index contributed by atoms with van der Waals surface area (Å²) in [6.45, 7) is 3.83. The van der Waals surface area contributed by atoms with E-state index in [1.807, 2.05) is 36.1 Å². The van der Waals surface area contributed by atoms with Crippen molar-refractivity contribution < 1.29 is 14.3 Å². The van der Waals surface area contributed by atoms with Crippen LogP contribution in [0.3, 0.4) is 0 Å². The van der Waals surface area contributed by atoms with Crippen molar-refractivity contribution in [3.8, 4) is 5.75 Å². The number of rotatable bonds is 7. The van der Waals surface area contributed by atoms with Crippen LogP contribution in [0.4, 0.5) is 5.69 Å². The minimum Gasteiger partial charge on any atom is -0.494 e. The summed E-state index contributed by atoms with van der Waals surface area (Å²) in [5.41, 5.74) is 0.897. The van der Waals surface area contributed by atoms with Gasteiger partial charge in [0.2, 0.25) is 11.8 Å². The summed E-state index contributed by atoms with van der Waals surface area (Å²) in [5.74, 6) is 1.82. The summed E-state index contributed by atoms with van der Waals surface area (Å²) < 4.78 is 5.44. The van der Waals surface area contributed by atoms with Crippen LogP contribution >= 0.6 is 0 Å². The SMILES string of the molecule is CCOc1ccc(N2CC(CNC(=O)CC3CCCC3)CC2=O)cc1. The first-order chi connectivity index (χ1) is 12.2. The van der Waals surface area contributed by atoms with Gasteiger partial charge in [-0.25, -0.2) is 0 Å². The Morgan fingerprint density at radius 1 is 1.20 bits per heavy atom. The van der Waals surface area contributed by atoms with E-state index in [-0.39, 0.29) is 17.7 Å². The maximum atomic E-state index is 12.3. The van der Waals surface area contributed by atoms with E-state index < -0.39 is 0 Å². The second-order valence-corrected chi connectivity index (χ2v) is 7.16. The maximum absolute atomic E-state index is 12.3. The number of hydrogen-bond donors (Lipinski definition) is 1. The molecule has 1 aromatic carbocycles. The lowest BCUT2D eigenvalue weighted by molar-refractivity contribution is -0.122. The van der Waals surface area contributed by atoms with E-state index in [0.29, 0.717) is 38.5 Å². The zero-order valence-corrected chi connectivity index (χ0v) is 15.0. The van der Waals surface area contributed by atoms with Crippen molar-refractivity contribution in [3.05, 3.63) is 24.3 Å². The van der Waals surface area contributed by atoms with Crippen LogP contribution in [-0.2, 0) is 9.59 Å². The molecule has 1 atom stereocenters. The zero-order valence-electron chi connectivity index (χ0n) is 15.0. The van der Waals surface area contributed by atoms with Crippen molar-refractivity contribution in [2.75, 3.05) is 24.6 Å². The third-order valence-corrected chi connectivity index (χ3v) is 5.20. The molecule has 0 aromatic heterocycles. The predicted molar refractivity (Wildman–Crippen MR) is 97.7 cm³/mol. The molecule has 0 spiro atoms. The minimum absolute atomic E-state index is 0.124. The summed E-state index contributed by atoms with van der Waals surface area (Å²) in [6, 6.07) is 7.62. The number of carbonyl (C=O) groups is 2. The minimum atomic E-state index is 0.124. The first-order valence-corrected chi connectivity index (χ1v) is 9.45. The highest BCUT2D eigenvalue weighted by Crippen LogP contribution is 2.28. The molecule has 25 heavy (non-hydrogen) atoms. The molecule has 1 unspecified atom stereocenters. The highest BCUT2D eigenvalue weighted by Gasteiger charge is 2.31. The van der Waals surface area contributed by atoms with Crippen molar-refractivity contribution in [1.82, 2.24) is 5.32 Å². The molecule has 1 aliphatic carbocycles. The number of amides is 2. The predicted octanol–water partition coefficient (Wildman–Crippen LogP) is 3.13. The number of ether oxygens (including phenoxy) is 1. The first kappa shape index (κ1) is 17.8. The lowest BCUT2D eigenvalue weighted by Gasteiger charge is -2.18. The van der Waals surface area contributed by atoms with Gasteiger partial charge in [-0.2, -0.15) is 0 Å². The van der Waals surface area contributed by atoms with Crippen LogP contribution in [0.1, 0.15) is 45.4 Å². The van der Waals surface area contributed by atoms with E-state index in [9.17, 15) is 9.59 Å². The van der Waals surface area contributed by atoms with Crippen LogP contribution in [0, 0.1) is 11.8 Å². The van der Waals surface area contributed by atoms with Crippen LogP contribution in [-0.4, -0.2) is 31.5 Å². The van der Waals surface area contributed by atoms with Gasteiger partial charge in [-0.1, -0.05) is 12.8 Å². The average molecular weight is 344 g/mol. The highest BCUT2D eigenvalue weighted by atomic mass is 16.5. The van der Waals surface area contributed by atoms with Crippen molar-refractivity contribution in [2.24, 2.45) is 11.8 Å². The van der Waals surface area contributed by atoms with E-state index >= 15 is 0 Å². The Morgan fingerprint density at radius 3 is 2.60 bits per heavy atom. The number of benzene rings is 1. The van der Waals surface area contributed by atoms with Gasteiger partial charge < -0.3 is 15.0 Å². The molecule has 2 fully saturated rings. The van der Waals surface area contributed by atoms with Crippen LogP contribution < -0.4 is 15.0 Å². The molecule has 1 aliphatic heterocycles. The molecule has 1 saturated carbocycles. The van der Waals surface area contributed by atoms with Gasteiger partial charge in [-0.05, 0) is 49.9 Å². The van der Waals surface area contributed by atoms with Gasteiger partial charge in [-0.3, -0.25) is 9.59 Å². The Hall–Kier alpha value is -2.04. The van der Waals surface area contributed by atoms with Crippen LogP contribution in [0.25, 0.3) is 0 Å². The van der Waals surface area contributed by atoms with Crippen LogP contribution in [0.5, 0.6) is 5.75 Å². The number of anilines is 1. The molecule has 0 radical (unpaired) electrons. The molecule has 3 rings (SSSR count). The van der Waals surface area contributed by atoms with Crippen molar-refractivity contribution >= 4 is 17.5 Å². The third kappa shape index (κ3) is 4.74. The molecule has 1 saturated heterocycles. The standard InChI is InChI=1S/C20H28N2O3/c1-2-25-18-9-7-17(8-10-18)22-14-16(12-20(22)24)13-21-19(23)11-15-5-3-4-6-15/h7-10,15-16H,2-6,11-14H2,1H3,(H,21,23). The van der Waals surface area contributed by atoms with Crippen LogP contribution in [0.2, 0.25) is 0 Å². The van der Waals surface area contributed by atoms with E-state index in [2.05, 4.69) is 5.32 Å². The normalized spacial score (nSPS) is 20.9. The Bertz CT molecular complexity index is 593. The fraction of sp³-hybridized carbons (Fsp3) is 0.600. The topological polar surface area (TPSA) is 58.6 Å². The van der Waals surface area contributed by atoms with Gasteiger partial charge in [0, 0.05) is 37.5 Å². The average Bonchev–Trinajstić information content (AvgIpc) is 3.24. The molecule has 1 N–H and O–H groups in total. The van der Waals surface area contributed by atoms with Crippen molar-refractivity contribution in [1.29, 1.82) is 0 Å². The lowest BCUT2D eigenvalue weighted by Crippen LogP contribution is -2.32. The highest BCUT2D eigenvalue weighted by molar-refractivity contribution is 5.95. The maximum Gasteiger partial charge on any atom is 0.227 e. The summed E-state index contributed by atoms with van der Waals surface area (Å²) in [7, 11) is 0. The third-order valence-electron chi connectivity index (χ3n) is 5.20. The van der Waals surface area contributed by atoms with Crippen LogP contribution in [0.15, 0.2) is 24.3 Å². The summed E-state index contributed by atoms with van der Waals surface area (Å²) in [6.07, 6.45) is 6.01. The quantitative estimate of drug-likeness (QED) is 0.827. The Morgan fingerprint density at radius 2 is 1.92 bits per heavy atom. The van der Waals surface area contributed by atoms with Gasteiger partial charge in [0.15, 0.2) is 0 Å². The molecule has 5 nitrogen and oxygen atoms in total. The van der Waals surface area contributed by atoms with E-state index in [4.69, 9.17) is 4.74 Å². The molecule has 1 heterocycles. The number of nitrogens with zero attached hydrogens (tertiary/aromatic N) is 1. The van der Waals surface area contributed by atoms with Gasteiger partial charge in [-0.15, -0.1) is 0 Å². The van der Waals surface area contributed by atoms with Crippen molar-refractivity contribution in [3.63, 3.8) is 0 Å². The van der Waals surface area contributed by atoms with Gasteiger partial charge in [0.25, 0.3) is 0 Å². The largest absolute Gasteiger partial charge is 0.494 e. The monoisotopic (exact) mass is 344 g/mol. The molecule has 1 aromatic rings. The number of hydrogen-bond acceptors (Lipinski definition) is 3. The second kappa shape index (κ2) is 8.37. The second-order valence-electron chi connectivity index (χ2n) is 7.16. The fourth-order valence-electron chi connectivity index (χ4n) is 3.86. The number of nitrogens with one attached hydrogen (secondary N) is 1.